The minimum absolute atomic E-state index is 0.217. The molecule has 0 spiro atoms. The van der Waals surface area contributed by atoms with E-state index in [1.165, 1.54) is 12.1 Å². The summed E-state index contributed by atoms with van der Waals surface area (Å²) in [6.45, 7) is -0.217. The van der Waals surface area contributed by atoms with Crippen LogP contribution < -0.4 is 5.32 Å². The maximum absolute atomic E-state index is 13.0. The standard InChI is InChI=1S/C20H16F3NO3/c21-20(22,23)16-5-2-1-4-15(16)19(26)24-12-17(25)13-7-9-14(10-8-13)18-6-3-11-27-18/h1-11,17,25H,12H2,(H,24,26)/t17-/m1/s1. The molecular weight excluding hydrogens is 359 g/mol. The second-order valence-corrected chi connectivity index (χ2v) is 5.87. The minimum Gasteiger partial charge on any atom is -0.464 e. The molecule has 2 N–H and O–H groups in total. The van der Waals surface area contributed by atoms with Crippen molar-refractivity contribution in [3.63, 3.8) is 0 Å². The molecule has 4 nitrogen and oxygen atoms in total. The van der Waals surface area contributed by atoms with Crippen LogP contribution in [-0.4, -0.2) is 17.6 Å². The van der Waals surface area contributed by atoms with E-state index >= 15 is 0 Å². The van der Waals surface area contributed by atoms with E-state index in [1.807, 2.05) is 0 Å². The number of amides is 1. The van der Waals surface area contributed by atoms with E-state index in [2.05, 4.69) is 5.32 Å². The van der Waals surface area contributed by atoms with Crippen molar-refractivity contribution in [3.05, 3.63) is 83.6 Å². The fraction of sp³-hybridized carbons (Fsp3) is 0.150. The van der Waals surface area contributed by atoms with E-state index in [9.17, 15) is 23.1 Å². The number of aliphatic hydroxyl groups excluding tert-OH is 1. The molecule has 140 valence electrons. The molecule has 1 amide bonds. The van der Waals surface area contributed by atoms with Crippen LogP contribution in [0.1, 0.15) is 27.6 Å². The molecule has 0 aliphatic heterocycles. The van der Waals surface area contributed by atoms with Crippen molar-refractivity contribution in [1.82, 2.24) is 5.32 Å². The number of alkyl halides is 3. The minimum atomic E-state index is -4.63. The lowest BCUT2D eigenvalue weighted by atomic mass is 10.0. The monoisotopic (exact) mass is 375 g/mol. The highest BCUT2D eigenvalue weighted by atomic mass is 19.4. The first kappa shape index (κ1) is 18.7. The topological polar surface area (TPSA) is 62.5 Å². The highest BCUT2D eigenvalue weighted by molar-refractivity contribution is 5.95. The van der Waals surface area contributed by atoms with Crippen molar-refractivity contribution in [2.24, 2.45) is 0 Å². The second kappa shape index (κ2) is 7.67. The average Bonchev–Trinajstić information content (AvgIpc) is 3.20. The van der Waals surface area contributed by atoms with Gasteiger partial charge in [0.15, 0.2) is 0 Å². The fourth-order valence-electron chi connectivity index (χ4n) is 2.64. The van der Waals surface area contributed by atoms with E-state index in [1.54, 1.807) is 42.7 Å². The Labute approximate surface area is 153 Å². The number of carbonyl (C=O) groups excluding carboxylic acids is 1. The van der Waals surface area contributed by atoms with Gasteiger partial charge in [-0.25, -0.2) is 0 Å². The Morgan fingerprint density at radius 2 is 1.74 bits per heavy atom. The first-order valence-corrected chi connectivity index (χ1v) is 8.12. The molecule has 1 heterocycles. The van der Waals surface area contributed by atoms with Gasteiger partial charge in [0.25, 0.3) is 5.91 Å². The van der Waals surface area contributed by atoms with Crippen LogP contribution in [0.3, 0.4) is 0 Å². The Morgan fingerprint density at radius 3 is 2.37 bits per heavy atom. The second-order valence-electron chi connectivity index (χ2n) is 5.87. The average molecular weight is 375 g/mol. The highest BCUT2D eigenvalue weighted by Gasteiger charge is 2.34. The van der Waals surface area contributed by atoms with Crippen molar-refractivity contribution in [1.29, 1.82) is 0 Å². The summed E-state index contributed by atoms with van der Waals surface area (Å²) in [5.74, 6) is -0.220. The fourth-order valence-corrected chi connectivity index (χ4v) is 2.64. The number of carbonyl (C=O) groups is 1. The van der Waals surface area contributed by atoms with E-state index in [-0.39, 0.29) is 6.54 Å². The summed E-state index contributed by atoms with van der Waals surface area (Å²) in [7, 11) is 0. The predicted octanol–water partition coefficient (Wildman–Crippen LogP) is 4.43. The highest BCUT2D eigenvalue weighted by Crippen LogP contribution is 2.31. The molecule has 0 unspecified atom stereocenters. The maximum atomic E-state index is 13.0. The number of benzene rings is 2. The summed E-state index contributed by atoms with van der Waals surface area (Å²) in [5, 5.41) is 12.6. The SMILES string of the molecule is O=C(NC[C@@H](O)c1ccc(-c2ccco2)cc1)c1ccccc1C(F)(F)F. The van der Waals surface area contributed by atoms with Crippen LogP contribution >= 0.6 is 0 Å². The van der Waals surface area contributed by atoms with Crippen molar-refractivity contribution in [2.45, 2.75) is 12.3 Å². The van der Waals surface area contributed by atoms with Gasteiger partial charge in [-0.1, -0.05) is 36.4 Å². The molecule has 1 atom stereocenters. The smallest absolute Gasteiger partial charge is 0.417 e. The van der Waals surface area contributed by atoms with Gasteiger partial charge in [0, 0.05) is 12.1 Å². The zero-order valence-corrected chi connectivity index (χ0v) is 14.0. The summed E-state index contributed by atoms with van der Waals surface area (Å²) in [5.41, 5.74) is -0.154. The van der Waals surface area contributed by atoms with Crippen molar-refractivity contribution < 1.29 is 27.5 Å². The summed E-state index contributed by atoms with van der Waals surface area (Å²) < 4.78 is 44.2. The van der Waals surface area contributed by atoms with Gasteiger partial charge in [-0.3, -0.25) is 4.79 Å². The quantitative estimate of drug-likeness (QED) is 0.694. The van der Waals surface area contributed by atoms with Crippen molar-refractivity contribution in [2.75, 3.05) is 6.54 Å². The number of hydrogen-bond acceptors (Lipinski definition) is 3. The molecular formula is C20H16F3NO3. The van der Waals surface area contributed by atoms with Gasteiger partial charge >= 0.3 is 6.18 Å². The third-order valence-electron chi connectivity index (χ3n) is 4.03. The number of furan rings is 1. The number of hydrogen-bond donors (Lipinski definition) is 2. The zero-order chi connectivity index (χ0) is 19.4. The summed E-state index contributed by atoms with van der Waals surface area (Å²) in [4.78, 5) is 12.1. The normalized spacial score (nSPS) is 12.6. The first-order valence-electron chi connectivity index (χ1n) is 8.12. The Morgan fingerprint density at radius 1 is 1.04 bits per heavy atom. The Bertz CT molecular complexity index is 903. The lowest BCUT2D eigenvalue weighted by Crippen LogP contribution is -2.30. The number of halogens is 3. The third kappa shape index (κ3) is 4.38. The molecule has 0 fully saturated rings. The van der Waals surface area contributed by atoms with Gasteiger partial charge in [-0.2, -0.15) is 13.2 Å². The molecule has 0 saturated heterocycles. The number of nitrogens with one attached hydrogen (secondary N) is 1. The molecule has 3 aromatic rings. The van der Waals surface area contributed by atoms with Gasteiger partial charge in [0.2, 0.25) is 0 Å². The van der Waals surface area contributed by atoms with Crippen LogP contribution in [0.25, 0.3) is 11.3 Å². The van der Waals surface area contributed by atoms with E-state index in [0.717, 1.165) is 17.7 Å². The van der Waals surface area contributed by atoms with E-state index in [0.29, 0.717) is 11.3 Å². The van der Waals surface area contributed by atoms with Crippen LogP contribution in [0.2, 0.25) is 0 Å². The molecule has 0 aliphatic rings. The third-order valence-corrected chi connectivity index (χ3v) is 4.03. The van der Waals surface area contributed by atoms with Crippen LogP contribution in [0, 0.1) is 0 Å². The molecule has 27 heavy (non-hydrogen) atoms. The van der Waals surface area contributed by atoms with Crippen LogP contribution in [0.5, 0.6) is 0 Å². The number of rotatable bonds is 5. The van der Waals surface area contributed by atoms with Crippen LogP contribution in [0.15, 0.2) is 71.3 Å². The van der Waals surface area contributed by atoms with Gasteiger partial charge in [0.1, 0.15) is 5.76 Å². The van der Waals surface area contributed by atoms with Gasteiger partial charge in [-0.15, -0.1) is 0 Å². The van der Waals surface area contributed by atoms with Crippen molar-refractivity contribution in [3.8, 4) is 11.3 Å². The molecule has 7 heteroatoms. The Hall–Kier alpha value is -3.06. The van der Waals surface area contributed by atoms with Crippen LogP contribution in [0.4, 0.5) is 13.2 Å². The first-order chi connectivity index (χ1) is 12.9. The van der Waals surface area contributed by atoms with Crippen LogP contribution in [-0.2, 0) is 6.18 Å². The summed E-state index contributed by atoms with van der Waals surface area (Å²) in [6, 6.07) is 14.9. The zero-order valence-electron chi connectivity index (χ0n) is 14.0. The molecule has 0 saturated carbocycles. The summed E-state index contributed by atoms with van der Waals surface area (Å²) in [6.07, 6.45) is -4.14. The van der Waals surface area contributed by atoms with E-state index in [4.69, 9.17) is 4.42 Å². The summed E-state index contributed by atoms with van der Waals surface area (Å²) >= 11 is 0. The molecule has 0 bridgehead atoms. The molecule has 0 aliphatic carbocycles. The molecule has 2 aromatic carbocycles. The number of aliphatic hydroxyl groups is 1. The predicted molar refractivity (Wildman–Crippen MR) is 92.9 cm³/mol. The van der Waals surface area contributed by atoms with Crippen molar-refractivity contribution >= 4 is 5.91 Å². The molecule has 1 aromatic heterocycles. The van der Waals surface area contributed by atoms with Gasteiger partial charge < -0.3 is 14.8 Å². The largest absolute Gasteiger partial charge is 0.464 e. The lowest BCUT2D eigenvalue weighted by molar-refractivity contribution is -0.137. The Kier molecular flexibility index (Phi) is 5.32. The maximum Gasteiger partial charge on any atom is 0.417 e. The van der Waals surface area contributed by atoms with E-state index < -0.39 is 29.3 Å². The molecule has 3 rings (SSSR count). The Balaban J connectivity index is 1.66. The van der Waals surface area contributed by atoms with Gasteiger partial charge in [-0.05, 0) is 29.8 Å². The molecule has 0 radical (unpaired) electrons. The lowest BCUT2D eigenvalue weighted by Gasteiger charge is -2.15. The van der Waals surface area contributed by atoms with Gasteiger partial charge in [0.05, 0.1) is 23.5 Å².